The van der Waals surface area contributed by atoms with Gasteiger partial charge in [-0.15, -0.1) is 0 Å². The lowest BCUT2D eigenvalue weighted by Gasteiger charge is -1.97. The molecule has 16 heavy (non-hydrogen) atoms. The molecule has 0 bridgehead atoms. The van der Waals surface area contributed by atoms with E-state index in [2.05, 4.69) is 42.0 Å². The second-order valence-corrected chi connectivity index (χ2v) is 6.65. The molecule has 0 saturated carbocycles. The lowest BCUT2D eigenvalue weighted by molar-refractivity contribution is 0.791. The van der Waals surface area contributed by atoms with Gasteiger partial charge in [-0.2, -0.15) is 0 Å². The molecule has 1 aliphatic rings. The van der Waals surface area contributed by atoms with Crippen molar-refractivity contribution in [1.29, 1.82) is 0 Å². The van der Waals surface area contributed by atoms with Crippen LogP contribution in [0.4, 0.5) is 0 Å². The lowest BCUT2D eigenvalue weighted by Crippen LogP contribution is -2.02. The number of rotatable bonds is 2. The third-order valence-corrected chi connectivity index (χ3v) is 5.95. The van der Waals surface area contributed by atoms with E-state index in [1.54, 1.807) is 4.90 Å². The number of aromatic nitrogens is 1. The second kappa shape index (κ2) is 4.17. The minimum atomic E-state index is 0.533. The van der Waals surface area contributed by atoms with Crippen molar-refractivity contribution in [2.75, 3.05) is 11.5 Å². The molecule has 1 fully saturated rings. The minimum Gasteiger partial charge on any atom is -0.343 e. The standard InChI is InChI=1S/C14H18NS/c1-2-15-11-14(16-9-5-6-10-16)12-7-3-4-8-13(12)15/h3-4,7-8,11H,2,5-6,9-10H2,1H3/q+1. The molecule has 84 valence electrons. The van der Waals surface area contributed by atoms with E-state index in [0.29, 0.717) is 10.9 Å². The lowest BCUT2D eigenvalue weighted by atomic mass is 10.2. The molecule has 1 saturated heterocycles. The molecular weight excluding hydrogens is 214 g/mol. The van der Waals surface area contributed by atoms with Gasteiger partial charge in [0, 0.05) is 17.4 Å². The number of fused-ring (bicyclic) bond motifs is 1. The van der Waals surface area contributed by atoms with Gasteiger partial charge >= 0.3 is 0 Å². The topological polar surface area (TPSA) is 4.93 Å². The Bertz CT molecular complexity index is 494. The largest absolute Gasteiger partial charge is 0.343 e. The van der Waals surface area contributed by atoms with Crippen LogP contribution in [0.15, 0.2) is 35.4 Å². The van der Waals surface area contributed by atoms with Crippen molar-refractivity contribution < 1.29 is 0 Å². The van der Waals surface area contributed by atoms with Crippen LogP contribution in [-0.2, 0) is 17.4 Å². The summed E-state index contributed by atoms with van der Waals surface area (Å²) >= 11 is 0. The van der Waals surface area contributed by atoms with Crippen molar-refractivity contribution in [3.63, 3.8) is 0 Å². The van der Waals surface area contributed by atoms with Gasteiger partial charge in [0.2, 0.25) is 0 Å². The van der Waals surface area contributed by atoms with Crippen molar-refractivity contribution in [3.05, 3.63) is 30.5 Å². The highest BCUT2D eigenvalue weighted by Gasteiger charge is 2.30. The van der Waals surface area contributed by atoms with E-state index < -0.39 is 0 Å². The van der Waals surface area contributed by atoms with E-state index in [-0.39, 0.29) is 0 Å². The number of hydrogen-bond acceptors (Lipinski definition) is 0. The first-order chi connectivity index (χ1) is 7.90. The van der Waals surface area contributed by atoms with Crippen LogP contribution >= 0.6 is 0 Å². The molecule has 1 nitrogen and oxygen atoms in total. The van der Waals surface area contributed by atoms with Crippen LogP contribution in [0.1, 0.15) is 19.8 Å². The Morgan fingerprint density at radius 1 is 1.19 bits per heavy atom. The van der Waals surface area contributed by atoms with Crippen molar-refractivity contribution in [3.8, 4) is 0 Å². The maximum Gasteiger partial charge on any atom is 0.180 e. The zero-order valence-electron chi connectivity index (χ0n) is 9.78. The molecule has 0 spiro atoms. The van der Waals surface area contributed by atoms with Gasteiger partial charge in [0.25, 0.3) is 0 Å². The molecule has 0 N–H and O–H groups in total. The molecule has 2 heterocycles. The molecule has 0 aliphatic carbocycles. The van der Waals surface area contributed by atoms with Gasteiger partial charge in [0.05, 0.1) is 17.1 Å². The predicted molar refractivity (Wildman–Crippen MR) is 72.2 cm³/mol. The van der Waals surface area contributed by atoms with E-state index in [1.807, 2.05) is 0 Å². The Kier molecular flexibility index (Phi) is 2.68. The van der Waals surface area contributed by atoms with Gasteiger partial charge in [0.15, 0.2) is 4.90 Å². The number of para-hydroxylation sites is 1. The SMILES string of the molecule is CCn1cc([S+]2CCCC2)c2ccccc21. The highest BCUT2D eigenvalue weighted by atomic mass is 32.2. The first-order valence-electron chi connectivity index (χ1n) is 6.15. The Hall–Kier alpha value is -0.890. The Labute approximate surface area is 99.8 Å². The fourth-order valence-corrected chi connectivity index (χ4v) is 5.09. The van der Waals surface area contributed by atoms with Crippen LogP contribution in [0.2, 0.25) is 0 Å². The Balaban J connectivity index is 2.16. The molecule has 1 aromatic heterocycles. The summed E-state index contributed by atoms with van der Waals surface area (Å²) in [6, 6.07) is 8.87. The van der Waals surface area contributed by atoms with Gasteiger partial charge in [-0.1, -0.05) is 12.1 Å². The Morgan fingerprint density at radius 2 is 1.94 bits per heavy atom. The van der Waals surface area contributed by atoms with Crippen LogP contribution in [0.25, 0.3) is 10.9 Å². The summed E-state index contributed by atoms with van der Waals surface area (Å²) in [5.74, 6) is 2.83. The van der Waals surface area contributed by atoms with Gasteiger partial charge in [0.1, 0.15) is 11.5 Å². The highest BCUT2D eigenvalue weighted by molar-refractivity contribution is 7.97. The second-order valence-electron chi connectivity index (χ2n) is 4.40. The molecule has 0 atom stereocenters. The summed E-state index contributed by atoms with van der Waals surface area (Å²) < 4.78 is 2.40. The first-order valence-corrected chi connectivity index (χ1v) is 7.72. The molecule has 2 heteroatoms. The maximum atomic E-state index is 2.40. The average Bonchev–Trinajstić information content (AvgIpc) is 2.95. The van der Waals surface area contributed by atoms with Crippen molar-refractivity contribution >= 4 is 21.8 Å². The number of benzene rings is 1. The molecule has 1 aromatic carbocycles. The summed E-state index contributed by atoms with van der Waals surface area (Å²) in [4.78, 5) is 1.62. The zero-order chi connectivity index (χ0) is 11.0. The molecule has 1 aliphatic heterocycles. The Morgan fingerprint density at radius 3 is 2.69 bits per heavy atom. The monoisotopic (exact) mass is 232 g/mol. The van der Waals surface area contributed by atoms with Crippen LogP contribution in [0, 0.1) is 0 Å². The van der Waals surface area contributed by atoms with E-state index in [0.717, 1.165) is 6.54 Å². The molecule has 3 rings (SSSR count). The summed E-state index contributed by atoms with van der Waals surface area (Å²) in [6.45, 7) is 3.31. The van der Waals surface area contributed by atoms with Gasteiger partial charge in [-0.05, 0) is 31.9 Å². The van der Waals surface area contributed by atoms with Crippen LogP contribution in [0.5, 0.6) is 0 Å². The van der Waals surface area contributed by atoms with E-state index in [4.69, 9.17) is 0 Å². The van der Waals surface area contributed by atoms with Crippen LogP contribution in [-0.4, -0.2) is 16.1 Å². The minimum absolute atomic E-state index is 0.533. The van der Waals surface area contributed by atoms with Gasteiger partial charge in [-0.3, -0.25) is 0 Å². The third kappa shape index (κ3) is 1.56. The average molecular weight is 232 g/mol. The molecule has 0 unspecified atom stereocenters. The van der Waals surface area contributed by atoms with Gasteiger partial charge in [-0.25, -0.2) is 0 Å². The van der Waals surface area contributed by atoms with E-state index in [1.165, 1.54) is 35.3 Å². The number of hydrogen-bond donors (Lipinski definition) is 0. The summed E-state index contributed by atoms with van der Waals surface area (Å²) in [5.41, 5.74) is 1.42. The molecular formula is C14H18NS+. The quantitative estimate of drug-likeness (QED) is 0.699. The normalized spacial score (nSPS) is 17.3. The fraction of sp³-hybridized carbons (Fsp3) is 0.429. The first kappa shape index (κ1) is 10.3. The van der Waals surface area contributed by atoms with Crippen LogP contribution < -0.4 is 0 Å². The molecule has 2 aromatic rings. The fourth-order valence-electron chi connectivity index (χ4n) is 2.58. The summed E-state index contributed by atoms with van der Waals surface area (Å²) in [7, 11) is 0.533. The van der Waals surface area contributed by atoms with E-state index in [9.17, 15) is 0 Å². The summed E-state index contributed by atoms with van der Waals surface area (Å²) in [6.07, 6.45) is 5.25. The number of aryl methyl sites for hydroxylation is 1. The number of nitrogens with zero attached hydrogens (tertiary/aromatic N) is 1. The van der Waals surface area contributed by atoms with E-state index >= 15 is 0 Å². The highest BCUT2D eigenvalue weighted by Crippen LogP contribution is 2.31. The third-order valence-electron chi connectivity index (χ3n) is 3.44. The smallest absolute Gasteiger partial charge is 0.180 e. The van der Waals surface area contributed by atoms with Crippen LogP contribution in [0.3, 0.4) is 0 Å². The zero-order valence-corrected chi connectivity index (χ0v) is 10.6. The summed E-state index contributed by atoms with van der Waals surface area (Å²) in [5, 5.41) is 1.49. The van der Waals surface area contributed by atoms with Crippen molar-refractivity contribution in [2.24, 2.45) is 0 Å². The maximum absolute atomic E-state index is 2.40. The predicted octanol–water partition coefficient (Wildman–Crippen LogP) is 3.43. The van der Waals surface area contributed by atoms with Crippen molar-refractivity contribution in [2.45, 2.75) is 31.2 Å². The molecule has 0 radical (unpaired) electrons. The van der Waals surface area contributed by atoms with Crippen molar-refractivity contribution in [1.82, 2.24) is 4.57 Å². The molecule has 0 amide bonds. The van der Waals surface area contributed by atoms with Gasteiger partial charge < -0.3 is 4.57 Å².